The van der Waals surface area contributed by atoms with Gasteiger partial charge in [0, 0.05) is 11.4 Å². The van der Waals surface area contributed by atoms with Gasteiger partial charge in [0.2, 0.25) is 0 Å². The first kappa shape index (κ1) is 13.8. The summed E-state index contributed by atoms with van der Waals surface area (Å²) in [5, 5.41) is 2.50. The van der Waals surface area contributed by atoms with E-state index in [-0.39, 0.29) is 0 Å². The van der Waals surface area contributed by atoms with Gasteiger partial charge in [-0.3, -0.25) is 4.79 Å². The zero-order chi connectivity index (χ0) is 14.5. The van der Waals surface area contributed by atoms with Crippen LogP contribution in [0.3, 0.4) is 0 Å². The van der Waals surface area contributed by atoms with Gasteiger partial charge in [-0.05, 0) is 30.3 Å². The van der Waals surface area contributed by atoms with Crippen molar-refractivity contribution in [3.8, 4) is 5.75 Å². The molecule has 104 valence electrons. The second-order valence-electron chi connectivity index (χ2n) is 4.01. The molecule has 3 N–H and O–H groups in total. The molecule has 2 aromatic carbocycles. The molecule has 0 saturated carbocycles. The van der Waals surface area contributed by atoms with Crippen molar-refractivity contribution in [3.63, 3.8) is 0 Å². The summed E-state index contributed by atoms with van der Waals surface area (Å²) in [4.78, 5) is 11.6. The molecule has 0 spiro atoms. The maximum absolute atomic E-state index is 13.3. The summed E-state index contributed by atoms with van der Waals surface area (Å²) in [7, 11) is 0. The Labute approximate surface area is 114 Å². The number of benzene rings is 2. The number of ether oxygens (including phenoxy) is 1. The molecule has 0 bridgehead atoms. The summed E-state index contributed by atoms with van der Waals surface area (Å²) >= 11 is 0. The van der Waals surface area contributed by atoms with E-state index in [0.29, 0.717) is 11.4 Å². The van der Waals surface area contributed by atoms with E-state index in [1.165, 1.54) is 6.07 Å². The zero-order valence-corrected chi connectivity index (χ0v) is 10.4. The number of hydrogen-bond acceptors (Lipinski definition) is 3. The van der Waals surface area contributed by atoms with Crippen LogP contribution in [-0.4, -0.2) is 12.5 Å². The van der Waals surface area contributed by atoms with Crippen molar-refractivity contribution >= 4 is 17.3 Å². The molecule has 6 heteroatoms. The number of para-hydroxylation sites is 1. The molecule has 0 radical (unpaired) electrons. The zero-order valence-electron chi connectivity index (χ0n) is 10.4. The highest BCUT2D eigenvalue weighted by Crippen LogP contribution is 2.20. The van der Waals surface area contributed by atoms with E-state index in [2.05, 4.69) is 5.32 Å². The minimum Gasteiger partial charge on any atom is -0.478 e. The van der Waals surface area contributed by atoms with E-state index in [9.17, 15) is 13.6 Å². The van der Waals surface area contributed by atoms with Gasteiger partial charge in [-0.25, -0.2) is 8.78 Å². The highest BCUT2D eigenvalue weighted by molar-refractivity contribution is 5.92. The Morgan fingerprint density at radius 3 is 2.45 bits per heavy atom. The molecule has 0 aliphatic heterocycles. The number of anilines is 2. The SMILES string of the molecule is Nc1cccc(NC(=O)COc2c(F)cccc2F)c1. The van der Waals surface area contributed by atoms with Gasteiger partial charge in [0.05, 0.1) is 0 Å². The van der Waals surface area contributed by atoms with E-state index in [1.807, 2.05) is 0 Å². The fraction of sp³-hybridized carbons (Fsp3) is 0.0714. The van der Waals surface area contributed by atoms with E-state index in [1.54, 1.807) is 24.3 Å². The number of hydrogen-bond donors (Lipinski definition) is 2. The van der Waals surface area contributed by atoms with Gasteiger partial charge in [-0.2, -0.15) is 0 Å². The number of amides is 1. The number of halogens is 2. The number of nitrogen functional groups attached to an aromatic ring is 1. The van der Waals surface area contributed by atoms with Gasteiger partial charge in [-0.15, -0.1) is 0 Å². The molecule has 1 amide bonds. The predicted octanol–water partition coefficient (Wildman–Crippen LogP) is 2.56. The number of carbonyl (C=O) groups excluding carboxylic acids is 1. The molecule has 0 aliphatic rings. The largest absolute Gasteiger partial charge is 0.478 e. The standard InChI is InChI=1S/C14H12F2N2O2/c15-11-5-2-6-12(16)14(11)20-8-13(19)18-10-4-1-3-9(17)7-10/h1-7H,8,17H2,(H,18,19). The molecule has 20 heavy (non-hydrogen) atoms. The smallest absolute Gasteiger partial charge is 0.262 e. The summed E-state index contributed by atoms with van der Waals surface area (Å²) in [5.41, 5.74) is 6.53. The summed E-state index contributed by atoms with van der Waals surface area (Å²) in [5.74, 6) is -2.84. The van der Waals surface area contributed by atoms with Crippen LogP contribution in [0, 0.1) is 11.6 Å². The predicted molar refractivity (Wildman–Crippen MR) is 71.3 cm³/mol. The third kappa shape index (κ3) is 3.44. The van der Waals surface area contributed by atoms with Crippen LogP contribution in [0.2, 0.25) is 0 Å². The minimum atomic E-state index is -0.859. The van der Waals surface area contributed by atoms with Crippen LogP contribution in [0.4, 0.5) is 20.2 Å². The van der Waals surface area contributed by atoms with E-state index < -0.39 is 29.9 Å². The van der Waals surface area contributed by atoms with Crippen molar-refractivity contribution in [1.29, 1.82) is 0 Å². The van der Waals surface area contributed by atoms with Crippen LogP contribution >= 0.6 is 0 Å². The molecule has 0 aliphatic carbocycles. The number of rotatable bonds is 4. The molecule has 0 atom stereocenters. The lowest BCUT2D eigenvalue weighted by Crippen LogP contribution is -2.20. The highest BCUT2D eigenvalue weighted by atomic mass is 19.1. The Morgan fingerprint density at radius 1 is 1.15 bits per heavy atom. The molecule has 0 aromatic heterocycles. The maximum atomic E-state index is 13.3. The third-order valence-corrected chi connectivity index (χ3v) is 2.44. The van der Waals surface area contributed by atoms with Crippen LogP contribution in [-0.2, 0) is 4.79 Å². The van der Waals surface area contributed by atoms with E-state index in [0.717, 1.165) is 12.1 Å². The lowest BCUT2D eigenvalue weighted by atomic mass is 10.3. The van der Waals surface area contributed by atoms with Crippen molar-refractivity contribution in [2.45, 2.75) is 0 Å². The topological polar surface area (TPSA) is 64.3 Å². The number of nitrogens with two attached hydrogens (primary N) is 1. The maximum Gasteiger partial charge on any atom is 0.262 e. The third-order valence-electron chi connectivity index (χ3n) is 2.44. The summed E-state index contributed by atoms with van der Waals surface area (Å²) in [6, 6.07) is 9.84. The van der Waals surface area contributed by atoms with Crippen LogP contribution in [0.15, 0.2) is 42.5 Å². The Bertz CT molecular complexity index is 612. The van der Waals surface area contributed by atoms with Crippen molar-refractivity contribution in [3.05, 3.63) is 54.1 Å². The van der Waals surface area contributed by atoms with E-state index in [4.69, 9.17) is 10.5 Å². The van der Waals surface area contributed by atoms with E-state index >= 15 is 0 Å². The van der Waals surface area contributed by atoms with Crippen molar-refractivity contribution < 1.29 is 18.3 Å². The average Bonchev–Trinajstić information content (AvgIpc) is 2.38. The fourth-order valence-corrected chi connectivity index (χ4v) is 1.57. The molecule has 0 unspecified atom stereocenters. The van der Waals surface area contributed by atoms with Crippen LogP contribution in [0.1, 0.15) is 0 Å². The second kappa shape index (κ2) is 6.01. The lowest BCUT2D eigenvalue weighted by molar-refractivity contribution is -0.118. The van der Waals surface area contributed by atoms with Crippen molar-refractivity contribution in [2.75, 3.05) is 17.7 Å². The summed E-state index contributed by atoms with van der Waals surface area (Å²) < 4.78 is 31.4. The Kier molecular flexibility index (Phi) is 4.14. The molecule has 4 nitrogen and oxygen atoms in total. The first-order valence-electron chi connectivity index (χ1n) is 5.78. The quantitative estimate of drug-likeness (QED) is 0.845. The molecular formula is C14H12F2N2O2. The molecular weight excluding hydrogens is 266 g/mol. The van der Waals surface area contributed by atoms with Gasteiger partial charge < -0.3 is 15.8 Å². The van der Waals surface area contributed by atoms with Crippen LogP contribution < -0.4 is 15.8 Å². The van der Waals surface area contributed by atoms with Crippen LogP contribution in [0.5, 0.6) is 5.75 Å². The van der Waals surface area contributed by atoms with Crippen LogP contribution in [0.25, 0.3) is 0 Å². The average molecular weight is 278 g/mol. The minimum absolute atomic E-state index is 0.479. The van der Waals surface area contributed by atoms with Gasteiger partial charge in [0.15, 0.2) is 24.0 Å². The lowest BCUT2D eigenvalue weighted by Gasteiger charge is -2.09. The molecule has 0 heterocycles. The van der Waals surface area contributed by atoms with Gasteiger partial charge >= 0.3 is 0 Å². The van der Waals surface area contributed by atoms with Crippen molar-refractivity contribution in [2.24, 2.45) is 0 Å². The fourth-order valence-electron chi connectivity index (χ4n) is 1.57. The van der Waals surface area contributed by atoms with Gasteiger partial charge in [0.1, 0.15) is 0 Å². The Hall–Kier alpha value is -2.63. The van der Waals surface area contributed by atoms with Gasteiger partial charge in [-0.1, -0.05) is 12.1 Å². The van der Waals surface area contributed by atoms with Gasteiger partial charge in [0.25, 0.3) is 5.91 Å². The molecule has 2 rings (SSSR count). The molecule has 2 aromatic rings. The highest BCUT2D eigenvalue weighted by Gasteiger charge is 2.11. The molecule has 0 fully saturated rings. The van der Waals surface area contributed by atoms with Crippen molar-refractivity contribution in [1.82, 2.24) is 0 Å². The second-order valence-corrected chi connectivity index (χ2v) is 4.01. The molecule has 0 saturated heterocycles. The first-order chi connectivity index (χ1) is 9.56. The summed E-state index contributed by atoms with van der Waals surface area (Å²) in [6.07, 6.45) is 0. The summed E-state index contributed by atoms with van der Waals surface area (Å²) in [6.45, 7) is -0.507. The number of nitrogens with one attached hydrogen (secondary N) is 1. The normalized spacial score (nSPS) is 10.1. The Morgan fingerprint density at radius 2 is 1.80 bits per heavy atom. The first-order valence-corrected chi connectivity index (χ1v) is 5.78. The monoisotopic (exact) mass is 278 g/mol. The Balaban J connectivity index is 1.96. The number of carbonyl (C=O) groups is 1.